The Bertz CT molecular complexity index is 832. The van der Waals surface area contributed by atoms with Gasteiger partial charge < -0.3 is 14.8 Å². The molecule has 0 aliphatic carbocycles. The van der Waals surface area contributed by atoms with Crippen LogP contribution in [-0.2, 0) is 11.2 Å². The third-order valence-corrected chi connectivity index (χ3v) is 3.60. The molecule has 1 aromatic heterocycles. The number of para-hydroxylation sites is 1. The van der Waals surface area contributed by atoms with E-state index in [1.165, 1.54) is 6.33 Å². The van der Waals surface area contributed by atoms with Gasteiger partial charge in [0.25, 0.3) is 0 Å². The third kappa shape index (κ3) is 3.57. The molecule has 2 aromatic carbocycles. The second kappa shape index (κ2) is 7.37. The van der Waals surface area contributed by atoms with E-state index < -0.39 is 0 Å². The van der Waals surface area contributed by atoms with E-state index in [-0.39, 0.29) is 0 Å². The quantitative estimate of drug-likeness (QED) is 0.703. The van der Waals surface area contributed by atoms with Crippen molar-refractivity contribution in [2.24, 2.45) is 0 Å². The fourth-order valence-corrected chi connectivity index (χ4v) is 2.40. The van der Waals surface area contributed by atoms with Gasteiger partial charge in [-0.25, -0.2) is 9.97 Å². The summed E-state index contributed by atoms with van der Waals surface area (Å²) in [6.07, 6.45) is 2.84. The van der Waals surface area contributed by atoms with Gasteiger partial charge in [-0.15, -0.1) is 0 Å². The Balaban J connectivity index is 1.84. The molecule has 0 atom stereocenters. The molecule has 0 aliphatic heterocycles. The molecular weight excluding hydrogens is 302 g/mol. The molecule has 5 heteroatoms. The molecule has 3 aromatic rings. The summed E-state index contributed by atoms with van der Waals surface area (Å²) >= 11 is 0. The largest absolute Gasteiger partial charge is 0.496 e. The molecule has 1 heterocycles. The number of rotatable bonds is 6. The molecule has 0 unspecified atom stereocenters. The van der Waals surface area contributed by atoms with Gasteiger partial charge >= 0.3 is 0 Å². The number of anilines is 2. The minimum Gasteiger partial charge on any atom is -0.496 e. The lowest BCUT2D eigenvalue weighted by atomic mass is 10.1. The topological polar surface area (TPSA) is 64.1 Å². The molecule has 0 aliphatic rings. The monoisotopic (exact) mass is 319 g/mol. The molecule has 0 radical (unpaired) electrons. The van der Waals surface area contributed by atoms with Crippen molar-refractivity contribution < 1.29 is 9.53 Å². The lowest BCUT2D eigenvalue weighted by molar-refractivity contribution is -0.107. The number of hydrogen-bond donors (Lipinski definition) is 1. The molecule has 3 rings (SSSR count). The first-order chi connectivity index (χ1) is 11.8. The van der Waals surface area contributed by atoms with Gasteiger partial charge in [0, 0.05) is 23.7 Å². The van der Waals surface area contributed by atoms with Crippen LogP contribution < -0.4 is 10.1 Å². The van der Waals surface area contributed by atoms with Gasteiger partial charge in [-0.2, -0.15) is 0 Å². The molecule has 1 N–H and O–H groups in total. The van der Waals surface area contributed by atoms with Crippen molar-refractivity contribution in [3.05, 3.63) is 66.5 Å². The average molecular weight is 319 g/mol. The summed E-state index contributed by atoms with van der Waals surface area (Å²) in [6, 6.07) is 17.3. The van der Waals surface area contributed by atoms with Crippen LogP contribution in [-0.4, -0.2) is 23.4 Å². The Morgan fingerprint density at radius 3 is 2.62 bits per heavy atom. The van der Waals surface area contributed by atoms with Crippen LogP contribution in [0.2, 0.25) is 0 Å². The zero-order valence-corrected chi connectivity index (χ0v) is 13.3. The first-order valence-corrected chi connectivity index (χ1v) is 7.55. The lowest BCUT2D eigenvalue weighted by Crippen LogP contribution is -1.97. The minimum absolute atomic E-state index is 0.422. The summed E-state index contributed by atoms with van der Waals surface area (Å²) in [5.41, 5.74) is 3.57. The van der Waals surface area contributed by atoms with Crippen LogP contribution >= 0.6 is 0 Å². The third-order valence-electron chi connectivity index (χ3n) is 3.60. The number of aromatic nitrogens is 2. The normalized spacial score (nSPS) is 10.2. The SMILES string of the molecule is COc1ccccc1-c1cc(Nc2ccc(CC=O)cc2)ncn1. The van der Waals surface area contributed by atoms with E-state index >= 15 is 0 Å². The maximum Gasteiger partial charge on any atom is 0.134 e. The highest BCUT2D eigenvalue weighted by Crippen LogP contribution is 2.29. The summed E-state index contributed by atoms with van der Waals surface area (Å²) in [4.78, 5) is 19.1. The van der Waals surface area contributed by atoms with Crippen LogP contribution in [0.15, 0.2) is 60.9 Å². The molecule has 0 bridgehead atoms. The van der Waals surface area contributed by atoms with E-state index in [9.17, 15) is 4.79 Å². The molecule has 0 fully saturated rings. The van der Waals surface area contributed by atoms with Gasteiger partial charge in [0.05, 0.1) is 12.8 Å². The van der Waals surface area contributed by atoms with E-state index in [0.29, 0.717) is 12.2 Å². The van der Waals surface area contributed by atoms with Gasteiger partial charge in [-0.1, -0.05) is 24.3 Å². The summed E-state index contributed by atoms with van der Waals surface area (Å²) in [7, 11) is 1.64. The van der Waals surface area contributed by atoms with Gasteiger partial charge in [0.1, 0.15) is 24.2 Å². The maximum atomic E-state index is 10.5. The number of methoxy groups -OCH3 is 1. The molecule has 0 saturated heterocycles. The number of carbonyl (C=O) groups is 1. The molecule has 120 valence electrons. The first-order valence-electron chi connectivity index (χ1n) is 7.55. The average Bonchev–Trinajstić information content (AvgIpc) is 2.64. The Labute approximate surface area is 140 Å². The maximum absolute atomic E-state index is 10.5. The van der Waals surface area contributed by atoms with Gasteiger partial charge in [-0.3, -0.25) is 0 Å². The summed E-state index contributed by atoms with van der Waals surface area (Å²) in [5, 5.41) is 3.24. The van der Waals surface area contributed by atoms with Crippen LogP contribution in [0.4, 0.5) is 11.5 Å². The van der Waals surface area contributed by atoms with Crippen molar-refractivity contribution in [3.8, 4) is 17.0 Å². The molecule has 5 nitrogen and oxygen atoms in total. The van der Waals surface area contributed by atoms with Crippen molar-refractivity contribution in [1.82, 2.24) is 9.97 Å². The van der Waals surface area contributed by atoms with Crippen LogP contribution in [0.25, 0.3) is 11.3 Å². The lowest BCUT2D eigenvalue weighted by Gasteiger charge is -2.10. The highest BCUT2D eigenvalue weighted by molar-refractivity contribution is 5.70. The van der Waals surface area contributed by atoms with E-state index in [0.717, 1.165) is 34.5 Å². The fraction of sp³-hybridized carbons (Fsp3) is 0.105. The number of ether oxygens (including phenoxy) is 1. The van der Waals surface area contributed by atoms with Crippen LogP contribution in [0.1, 0.15) is 5.56 Å². The Hall–Kier alpha value is -3.21. The summed E-state index contributed by atoms with van der Waals surface area (Å²) in [5.74, 6) is 1.45. The zero-order valence-electron chi connectivity index (χ0n) is 13.3. The smallest absolute Gasteiger partial charge is 0.134 e. The van der Waals surface area contributed by atoms with Crippen LogP contribution in [0.5, 0.6) is 5.75 Å². The van der Waals surface area contributed by atoms with Crippen LogP contribution in [0.3, 0.4) is 0 Å². The second-order valence-corrected chi connectivity index (χ2v) is 5.18. The highest BCUT2D eigenvalue weighted by Gasteiger charge is 2.07. The fourth-order valence-electron chi connectivity index (χ4n) is 2.40. The predicted molar refractivity (Wildman–Crippen MR) is 93.5 cm³/mol. The van der Waals surface area contributed by atoms with Crippen molar-refractivity contribution in [2.75, 3.05) is 12.4 Å². The van der Waals surface area contributed by atoms with Crippen molar-refractivity contribution in [1.29, 1.82) is 0 Å². The molecule has 0 amide bonds. The van der Waals surface area contributed by atoms with Gasteiger partial charge in [0.15, 0.2) is 0 Å². The number of hydrogen-bond acceptors (Lipinski definition) is 5. The second-order valence-electron chi connectivity index (χ2n) is 5.18. The number of aldehydes is 1. The predicted octanol–water partition coefficient (Wildman–Crippen LogP) is 3.64. The number of benzene rings is 2. The molecule has 24 heavy (non-hydrogen) atoms. The molecular formula is C19H17N3O2. The van der Waals surface area contributed by atoms with Gasteiger partial charge in [-0.05, 0) is 29.8 Å². The van der Waals surface area contributed by atoms with E-state index in [1.807, 2.05) is 54.6 Å². The summed E-state index contributed by atoms with van der Waals surface area (Å²) < 4.78 is 5.38. The Morgan fingerprint density at radius 1 is 1.08 bits per heavy atom. The zero-order chi connectivity index (χ0) is 16.8. The number of nitrogens with zero attached hydrogens (tertiary/aromatic N) is 2. The number of carbonyl (C=O) groups excluding carboxylic acids is 1. The standard InChI is InChI=1S/C19H17N3O2/c1-24-18-5-3-2-4-16(18)17-12-19(21-13-20-17)22-15-8-6-14(7-9-15)10-11-23/h2-9,11-13H,10H2,1H3,(H,20,21,22). The van der Waals surface area contributed by atoms with Crippen LogP contribution in [0, 0.1) is 0 Å². The Kier molecular flexibility index (Phi) is 4.81. The van der Waals surface area contributed by atoms with E-state index in [1.54, 1.807) is 7.11 Å². The van der Waals surface area contributed by atoms with Crippen molar-refractivity contribution in [2.45, 2.75) is 6.42 Å². The van der Waals surface area contributed by atoms with Crippen molar-refractivity contribution in [3.63, 3.8) is 0 Å². The van der Waals surface area contributed by atoms with Crippen molar-refractivity contribution >= 4 is 17.8 Å². The summed E-state index contributed by atoms with van der Waals surface area (Å²) in [6.45, 7) is 0. The first kappa shape index (κ1) is 15.7. The van der Waals surface area contributed by atoms with Gasteiger partial charge in [0.2, 0.25) is 0 Å². The van der Waals surface area contributed by atoms with E-state index in [4.69, 9.17) is 4.74 Å². The number of nitrogens with one attached hydrogen (secondary N) is 1. The molecule has 0 spiro atoms. The molecule has 0 saturated carbocycles. The minimum atomic E-state index is 0.422. The van der Waals surface area contributed by atoms with E-state index in [2.05, 4.69) is 15.3 Å². The highest BCUT2D eigenvalue weighted by atomic mass is 16.5. The Morgan fingerprint density at radius 2 is 1.88 bits per heavy atom.